The second kappa shape index (κ2) is 12.2. The number of hydrogen-bond donors (Lipinski definition) is 1. The van der Waals surface area contributed by atoms with Crippen LogP contribution >= 0.6 is 0 Å². The second-order valence-corrected chi connectivity index (χ2v) is 11.2. The van der Waals surface area contributed by atoms with Crippen molar-refractivity contribution in [3.8, 4) is 5.75 Å². The molecule has 6 heteroatoms. The van der Waals surface area contributed by atoms with Crippen molar-refractivity contribution in [3.63, 3.8) is 0 Å². The van der Waals surface area contributed by atoms with Crippen molar-refractivity contribution in [2.45, 2.75) is 76.7 Å². The first kappa shape index (κ1) is 27.2. The lowest BCUT2D eigenvalue weighted by atomic mass is 9.86. The van der Waals surface area contributed by atoms with Gasteiger partial charge in [-0.1, -0.05) is 62.4 Å². The van der Waals surface area contributed by atoms with Gasteiger partial charge in [0.05, 0.1) is 5.56 Å². The van der Waals surface area contributed by atoms with Crippen molar-refractivity contribution >= 4 is 11.7 Å². The van der Waals surface area contributed by atoms with Crippen LogP contribution < -0.4 is 10.1 Å². The summed E-state index contributed by atoms with van der Waals surface area (Å²) in [4.78, 5) is 13.2. The number of hydrogen-bond acceptors (Lipinski definition) is 5. The fourth-order valence-corrected chi connectivity index (χ4v) is 5.63. The molecule has 1 fully saturated rings. The smallest absolute Gasteiger partial charge is 0.338 e. The summed E-state index contributed by atoms with van der Waals surface area (Å²) in [5.74, 6) is 0.755. The Bertz CT molecular complexity index is 1240. The summed E-state index contributed by atoms with van der Waals surface area (Å²) in [6, 6.07) is 21.4. The Morgan fingerprint density at radius 3 is 2.49 bits per heavy atom. The van der Waals surface area contributed by atoms with Gasteiger partial charge in [0.25, 0.3) is 0 Å². The number of halogens is 1. The first-order chi connectivity index (χ1) is 18.9. The first-order valence-electron chi connectivity index (χ1n) is 14.1. The third-order valence-electron chi connectivity index (χ3n) is 7.85. The molecule has 1 aliphatic heterocycles. The van der Waals surface area contributed by atoms with Gasteiger partial charge in [-0.2, -0.15) is 0 Å². The largest absolute Gasteiger partial charge is 0.483 e. The summed E-state index contributed by atoms with van der Waals surface area (Å²) in [7, 11) is 0. The molecule has 206 valence electrons. The van der Waals surface area contributed by atoms with Crippen LogP contribution in [0.25, 0.3) is 0 Å². The molecule has 1 N–H and O–H groups in total. The fourth-order valence-electron chi connectivity index (χ4n) is 5.63. The van der Waals surface area contributed by atoms with Crippen LogP contribution in [0.4, 0.5) is 10.1 Å². The van der Waals surface area contributed by atoms with Gasteiger partial charge in [-0.05, 0) is 74.2 Å². The maximum absolute atomic E-state index is 13.3. The number of esters is 1. The van der Waals surface area contributed by atoms with Crippen molar-refractivity contribution < 1.29 is 23.4 Å². The van der Waals surface area contributed by atoms with Gasteiger partial charge in [-0.25, -0.2) is 9.18 Å². The van der Waals surface area contributed by atoms with Crippen LogP contribution in [-0.4, -0.2) is 24.3 Å². The summed E-state index contributed by atoms with van der Waals surface area (Å²) >= 11 is 0. The van der Waals surface area contributed by atoms with Crippen LogP contribution in [0.3, 0.4) is 0 Å². The van der Waals surface area contributed by atoms with Gasteiger partial charge >= 0.3 is 5.97 Å². The van der Waals surface area contributed by atoms with E-state index in [0.29, 0.717) is 24.6 Å². The third-order valence-corrected chi connectivity index (χ3v) is 7.85. The Hall–Kier alpha value is -3.38. The van der Waals surface area contributed by atoms with E-state index in [0.717, 1.165) is 29.0 Å². The van der Waals surface area contributed by atoms with E-state index in [4.69, 9.17) is 14.2 Å². The zero-order chi connectivity index (χ0) is 27.2. The lowest BCUT2D eigenvalue weighted by molar-refractivity contribution is -0.141. The minimum atomic E-state index is -0.796. The highest BCUT2D eigenvalue weighted by Crippen LogP contribution is 2.45. The van der Waals surface area contributed by atoms with Crippen molar-refractivity contribution in [1.82, 2.24) is 0 Å². The molecule has 1 heterocycles. The molecular weight excluding hydrogens is 493 g/mol. The van der Waals surface area contributed by atoms with Crippen LogP contribution in [0.2, 0.25) is 0 Å². The molecule has 39 heavy (non-hydrogen) atoms. The van der Waals surface area contributed by atoms with E-state index in [9.17, 15) is 9.18 Å². The molecule has 0 amide bonds. The normalized spacial score (nSPS) is 20.5. The highest BCUT2D eigenvalue weighted by Gasteiger charge is 2.47. The van der Waals surface area contributed by atoms with Gasteiger partial charge in [0.1, 0.15) is 23.3 Å². The van der Waals surface area contributed by atoms with Crippen molar-refractivity contribution in [2.24, 2.45) is 5.92 Å². The van der Waals surface area contributed by atoms with Crippen molar-refractivity contribution in [3.05, 3.63) is 95.3 Å². The zero-order valence-electron chi connectivity index (χ0n) is 22.8. The molecule has 5 nitrogen and oxygen atoms in total. The molecule has 2 atom stereocenters. The Labute approximate surface area is 230 Å². The predicted molar refractivity (Wildman–Crippen MR) is 150 cm³/mol. The quantitative estimate of drug-likeness (QED) is 0.285. The molecule has 3 aromatic carbocycles. The maximum atomic E-state index is 13.3. The summed E-state index contributed by atoms with van der Waals surface area (Å²) in [6.45, 7) is 5.02. The number of ether oxygens (including phenoxy) is 3. The van der Waals surface area contributed by atoms with E-state index in [-0.39, 0.29) is 5.82 Å². The SMILES string of the molecule is CC1(C)Oc2ccc(NCc3ccc(F)cc3)cc2C(OCCC2CCCCC2)C1OC(=O)c1ccccc1. The number of carbonyl (C=O) groups is 1. The van der Waals surface area contributed by atoms with Gasteiger partial charge in [0, 0.05) is 24.4 Å². The molecule has 1 saturated carbocycles. The van der Waals surface area contributed by atoms with Crippen molar-refractivity contribution in [2.75, 3.05) is 11.9 Å². The summed E-state index contributed by atoms with van der Waals surface area (Å²) in [6.07, 6.45) is 6.28. The van der Waals surface area contributed by atoms with Crippen LogP contribution in [0.5, 0.6) is 5.75 Å². The van der Waals surface area contributed by atoms with Gasteiger partial charge < -0.3 is 19.5 Å². The van der Waals surface area contributed by atoms with E-state index in [2.05, 4.69) is 5.32 Å². The Morgan fingerprint density at radius 2 is 1.74 bits per heavy atom. The molecule has 2 aliphatic rings. The van der Waals surface area contributed by atoms with Gasteiger partial charge in [0.2, 0.25) is 0 Å². The topological polar surface area (TPSA) is 56.8 Å². The number of benzene rings is 3. The van der Waals surface area contributed by atoms with E-state index >= 15 is 0 Å². The summed E-state index contributed by atoms with van der Waals surface area (Å²) in [5, 5.41) is 3.42. The van der Waals surface area contributed by atoms with E-state index in [1.165, 1.54) is 44.2 Å². The molecule has 5 rings (SSSR count). The minimum Gasteiger partial charge on any atom is -0.483 e. The van der Waals surface area contributed by atoms with E-state index < -0.39 is 23.8 Å². The molecule has 1 aliphatic carbocycles. The van der Waals surface area contributed by atoms with Crippen LogP contribution in [0, 0.1) is 11.7 Å². The van der Waals surface area contributed by atoms with Gasteiger partial charge in [0.15, 0.2) is 6.10 Å². The minimum absolute atomic E-state index is 0.253. The number of anilines is 1. The maximum Gasteiger partial charge on any atom is 0.338 e. The number of rotatable bonds is 9. The summed E-state index contributed by atoms with van der Waals surface area (Å²) in [5.41, 5.74) is 2.41. The standard InChI is InChI=1S/C33H38FNO4/c1-33(2)31(38-32(36)25-11-7-4-8-12-25)30(37-20-19-23-9-5-3-6-10-23)28-21-27(17-18-29(28)39-33)35-22-24-13-15-26(34)16-14-24/h4,7-8,11-18,21,23,30-31,35H,3,5-6,9-10,19-20,22H2,1-2H3. The van der Waals surface area contributed by atoms with Gasteiger partial charge in [-0.15, -0.1) is 0 Å². The average molecular weight is 532 g/mol. The lowest BCUT2D eigenvalue weighted by Gasteiger charge is -2.44. The molecule has 0 radical (unpaired) electrons. The second-order valence-electron chi connectivity index (χ2n) is 11.2. The Balaban J connectivity index is 1.38. The van der Waals surface area contributed by atoms with E-state index in [1.807, 2.05) is 50.2 Å². The molecular formula is C33H38FNO4. The van der Waals surface area contributed by atoms with Crippen LogP contribution in [0.15, 0.2) is 72.8 Å². The first-order valence-corrected chi connectivity index (χ1v) is 14.1. The third kappa shape index (κ3) is 6.80. The monoisotopic (exact) mass is 531 g/mol. The number of nitrogens with one attached hydrogen (secondary N) is 1. The number of fused-ring (bicyclic) bond motifs is 1. The summed E-state index contributed by atoms with van der Waals surface area (Å²) < 4.78 is 32.5. The number of carbonyl (C=O) groups excluding carboxylic acids is 1. The van der Waals surface area contributed by atoms with Gasteiger partial charge in [-0.3, -0.25) is 0 Å². The predicted octanol–water partition coefficient (Wildman–Crippen LogP) is 7.86. The molecule has 2 unspecified atom stereocenters. The van der Waals surface area contributed by atoms with E-state index in [1.54, 1.807) is 24.3 Å². The molecule has 0 bridgehead atoms. The van der Waals surface area contributed by atoms with Crippen LogP contribution in [-0.2, 0) is 16.0 Å². The molecule has 0 saturated heterocycles. The highest BCUT2D eigenvalue weighted by atomic mass is 19.1. The Morgan fingerprint density at radius 1 is 1.00 bits per heavy atom. The van der Waals surface area contributed by atoms with Crippen LogP contribution in [0.1, 0.15) is 80.0 Å². The Kier molecular flexibility index (Phi) is 8.51. The molecule has 0 spiro atoms. The highest BCUT2D eigenvalue weighted by molar-refractivity contribution is 5.89. The molecule has 0 aromatic heterocycles. The average Bonchev–Trinajstić information content (AvgIpc) is 2.95. The zero-order valence-corrected chi connectivity index (χ0v) is 22.8. The fraction of sp³-hybridized carbons (Fsp3) is 0.424. The van der Waals surface area contributed by atoms with Crippen molar-refractivity contribution in [1.29, 1.82) is 0 Å². The molecule has 3 aromatic rings. The lowest BCUT2D eigenvalue weighted by Crippen LogP contribution is -2.51.